The zero-order valence-electron chi connectivity index (χ0n) is 12.1. The molecule has 1 aliphatic rings. The van der Waals surface area contributed by atoms with Crippen molar-refractivity contribution in [1.29, 1.82) is 0 Å². The second-order valence-corrected chi connectivity index (χ2v) is 5.58. The molecule has 1 heterocycles. The number of carbonyl (C=O) groups excluding carboxylic acids is 1. The number of piperidine rings is 1. The molecule has 0 spiro atoms. The predicted molar refractivity (Wildman–Crippen MR) is 81.2 cm³/mol. The van der Waals surface area contributed by atoms with E-state index in [1.54, 1.807) is 0 Å². The number of likely N-dealkylation sites (tertiary alicyclic amines) is 1. The van der Waals surface area contributed by atoms with Gasteiger partial charge in [0, 0.05) is 25.6 Å². The molecule has 0 aliphatic carbocycles. The fraction of sp³-hybridized carbons (Fsp3) is 0.562. The van der Waals surface area contributed by atoms with Crippen LogP contribution in [0.2, 0.25) is 0 Å². The number of hydrogen-bond acceptors (Lipinski definition) is 3. The number of primary amides is 1. The van der Waals surface area contributed by atoms with Gasteiger partial charge in [-0.15, -0.1) is 0 Å². The van der Waals surface area contributed by atoms with Crippen molar-refractivity contribution in [3.05, 3.63) is 35.9 Å². The fourth-order valence-electron chi connectivity index (χ4n) is 2.78. The van der Waals surface area contributed by atoms with Crippen molar-refractivity contribution in [3.63, 3.8) is 0 Å². The summed E-state index contributed by atoms with van der Waals surface area (Å²) >= 11 is 0. The maximum Gasteiger partial charge on any atom is 0.217 e. The van der Waals surface area contributed by atoms with Crippen molar-refractivity contribution in [2.75, 3.05) is 19.6 Å². The Bertz CT molecular complexity index is 407. The SMILES string of the molecule is NC(=O)CCCNC1CCCN(Cc2ccccc2)C1. The van der Waals surface area contributed by atoms with Gasteiger partial charge in [0.25, 0.3) is 0 Å². The van der Waals surface area contributed by atoms with Crippen molar-refractivity contribution < 1.29 is 4.79 Å². The lowest BCUT2D eigenvalue weighted by molar-refractivity contribution is -0.118. The Morgan fingerprint density at radius 1 is 1.35 bits per heavy atom. The van der Waals surface area contributed by atoms with Crippen molar-refractivity contribution in [1.82, 2.24) is 10.2 Å². The Morgan fingerprint density at radius 3 is 2.90 bits per heavy atom. The van der Waals surface area contributed by atoms with E-state index in [4.69, 9.17) is 5.73 Å². The quantitative estimate of drug-likeness (QED) is 0.742. The lowest BCUT2D eigenvalue weighted by Crippen LogP contribution is -2.45. The van der Waals surface area contributed by atoms with Crippen LogP contribution in [0.15, 0.2) is 30.3 Å². The summed E-state index contributed by atoms with van der Waals surface area (Å²) in [6.45, 7) is 4.17. The minimum atomic E-state index is -0.207. The molecule has 0 bridgehead atoms. The van der Waals surface area contributed by atoms with Gasteiger partial charge in [-0.05, 0) is 37.9 Å². The molecule has 20 heavy (non-hydrogen) atoms. The van der Waals surface area contributed by atoms with E-state index in [-0.39, 0.29) is 5.91 Å². The third kappa shape index (κ3) is 5.31. The van der Waals surface area contributed by atoms with Gasteiger partial charge in [-0.1, -0.05) is 30.3 Å². The summed E-state index contributed by atoms with van der Waals surface area (Å²) in [6.07, 6.45) is 3.78. The molecule has 4 heteroatoms. The minimum Gasteiger partial charge on any atom is -0.370 e. The molecule has 0 aromatic heterocycles. The number of rotatable bonds is 7. The van der Waals surface area contributed by atoms with Gasteiger partial charge in [-0.25, -0.2) is 0 Å². The monoisotopic (exact) mass is 275 g/mol. The molecule has 1 unspecified atom stereocenters. The molecule has 1 aromatic carbocycles. The van der Waals surface area contributed by atoms with E-state index < -0.39 is 0 Å². The van der Waals surface area contributed by atoms with Crippen LogP contribution in [0.3, 0.4) is 0 Å². The smallest absolute Gasteiger partial charge is 0.217 e. The molecule has 0 radical (unpaired) electrons. The largest absolute Gasteiger partial charge is 0.370 e. The number of nitrogens with one attached hydrogen (secondary N) is 1. The second-order valence-electron chi connectivity index (χ2n) is 5.58. The van der Waals surface area contributed by atoms with Crippen LogP contribution in [0.25, 0.3) is 0 Å². The van der Waals surface area contributed by atoms with Gasteiger partial charge in [0.1, 0.15) is 0 Å². The highest BCUT2D eigenvalue weighted by molar-refractivity contribution is 5.73. The van der Waals surface area contributed by atoms with Crippen LogP contribution >= 0.6 is 0 Å². The zero-order chi connectivity index (χ0) is 14.2. The van der Waals surface area contributed by atoms with E-state index in [2.05, 4.69) is 40.5 Å². The fourth-order valence-corrected chi connectivity index (χ4v) is 2.78. The summed E-state index contributed by atoms with van der Waals surface area (Å²) in [6, 6.07) is 11.2. The van der Waals surface area contributed by atoms with Crippen LogP contribution < -0.4 is 11.1 Å². The molecule has 3 N–H and O–H groups in total. The highest BCUT2D eigenvalue weighted by Crippen LogP contribution is 2.13. The average molecular weight is 275 g/mol. The van der Waals surface area contributed by atoms with E-state index in [1.165, 1.54) is 24.9 Å². The number of nitrogens with zero attached hydrogens (tertiary/aromatic N) is 1. The van der Waals surface area contributed by atoms with Crippen molar-refractivity contribution >= 4 is 5.91 Å². The molecule has 2 rings (SSSR count). The third-order valence-electron chi connectivity index (χ3n) is 3.79. The average Bonchev–Trinajstić information content (AvgIpc) is 2.45. The van der Waals surface area contributed by atoms with E-state index in [0.717, 1.165) is 26.1 Å². The molecular weight excluding hydrogens is 250 g/mol. The Morgan fingerprint density at radius 2 is 2.15 bits per heavy atom. The summed E-state index contributed by atoms with van der Waals surface area (Å²) in [4.78, 5) is 13.2. The molecule has 1 atom stereocenters. The van der Waals surface area contributed by atoms with Gasteiger partial charge < -0.3 is 11.1 Å². The maximum atomic E-state index is 10.7. The first-order chi connectivity index (χ1) is 9.74. The van der Waals surface area contributed by atoms with Crippen molar-refractivity contribution in [2.45, 2.75) is 38.3 Å². The van der Waals surface area contributed by atoms with Gasteiger partial charge in [-0.3, -0.25) is 9.69 Å². The van der Waals surface area contributed by atoms with Crippen LogP contribution in [0.5, 0.6) is 0 Å². The number of hydrogen-bond donors (Lipinski definition) is 2. The van der Waals surface area contributed by atoms with Crippen LogP contribution in [0, 0.1) is 0 Å². The summed E-state index contributed by atoms with van der Waals surface area (Å²) in [5, 5.41) is 3.54. The van der Waals surface area contributed by atoms with Gasteiger partial charge >= 0.3 is 0 Å². The number of benzene rings is 1. The molecule has 1 fully saturated rings. The lowest BCUT2D eigenvalue weighted by Gasteiger charge is -2.33. The standard InChI is InChI=1S/C16H25N3O/c17-16(20)9-4-10-18-15-8-5-11-19(13-15)12-14-6-2-1-3-7-14/h1-3,6-7,15,18H,4-5,8-13H2,(H2,17,20). The van der Waals surface area contributed by atoms with E-state index in [9.17, 15) is 4.79 Å². The van der Waals surface area contributed by atoms with Crippen LogP contribution in [0.1, 0.15) is 31.2 Å². The van der Waals surface area contributed by atoms with E-state index >= 15 is 0 Å². The first-order valence-electron chi connectivity index (χ1n) is 7.52. The Labute approximate surface area is 121 Å². The third-order valence-corrected chi connectivity index (χ3v) is 3.79. The highest BCUT2D eigenvalue weighted by atomic mass is 16.1. The van der Waals surface area contributed by atoms with Crippen molar-refractivity contribution in [3.8, 4) is 0 Å². The van der Waals surface area contributed by atoms with Gasteiger partial charge in [0.05, 0.1) is 0 Å². The molecular formula is C16H25N3O. The van der Waals surface area contributed by atoms with E-state index in [0.29, 0.717) is 12.5 Å². The predicted octanol–water partition coefficient (Wildman–Crippen LogP) is 1.51. The minimum absolute atomic E-state index is 0.207. The van der Waals surface area contributed by atoms with Gasteiger partial charge in [-0.2, -0.15) is 0 Å². The summed E-state index contributed by atoms with van der Waals surface area (Å²) in [7, 11) is 0. The Balaban J connectivity index is 1.70. The first kappa shape index (κ1) is 15.0. The molecule has 0 saturated carbocycles. The second kappa shape index (κ2) is 8.02. The van der Waals surface area contributed by atoms with Gasteiger partial charge in [0.15, 0.2) is 0 Å². The van der Waals surface area contributed by atoms with Crippen LogP contribution in [-0.2, 0) is 11.3 Å². The topological polar surface area (TPSA) is 58.4 Å². The maximum absolute atomic E-state index is 10.7. The summed E-state index contributed by atoms with van der Waals surface area (Å²) in [5.41, 5.74) is 6.52. The Kier molecular flexibility index (Phi) is 6.02. The summed E-state index contributed by atoms with van der Waals surface area (Å²) < 4.78 is 0. The molecule has 1 aromatic rings. The molecule has 1 amide bonds. The normalized spacial score (nSPS) is 19.9. The van der Waals surface area contributed by atoms with Crippen LogP contribution in [0.4, 0.5) is 0 Å². The lowest BCUT2D eigenvalue weighted by atomic mass is 10.0. The molecule has 1 saturated heterocycles. The first-order valence-corrected chi connectivity index (χ1v) is 7.52. The van der Waals surface area contributed by atoms with Crippen LogP contribution in [-0.4, -0.2) is 36.5 Å². The molecule has 1 aliphatic heterocycles. The number of nitrogens with two attached hydrogens (primary N) is 1. The molecule has 4 nitrogen and oxygen atoms in total. The van der Waals surface area contributed by atoms with Gasteiger partial charge in [0.2, 0.25) is 5.91 Å². The highest BCUT2D eigenvalue weighted by Gasteiger charge is 2.19. The molecule has 110 valence electrons. The van der Waals surface area contributed by atoms with Crippen molar-refractivity contribution in [2.24, 2.45) is 5.73 Å². The Hall–Kier alpha value is -1.39. The number of carbonyl (C=O) groups is 1. The zero-order valence-corrected chi connectivity index (χ0v) is 12.1. The van der Waals surface area contributed by atoms with E-state index in [1.807, 2.05) is 0 Å². The number of amides is 1. The summed E-state index contributed by atoms with van der Waals surface area (Å²) in [5.74, 6) is -0.207.